The summed E-state index contributed by atoms with van der Waals surface area (Å²) in [6.07, 6.45) is 5.29. The molecule has 0 atom stereocenters. The van der Waals surface area contributed by atoms with Gasteiger partial charge < -0.3 is 9.67 Å². The molecule has 0 aliphatic rings. The largest absolute Gasteiger partial charge is 0.478 e. The van der Waals surface area contributed by atoms with Crippen molar-refractivity contribution in [1.29, 1.82) is 0 Å². The minimum atomic E-state index is -0.918. The third-order valence-electron chi connectivity index (χ3n) is 2.52. The third-order valence-corrected chi connectivity index (χ3v) is 3.30. The summed E-state index contributed by atoms with van der Waals surface area (Å²) in [5.74, 6) is -0.149. The summed E-state index contributed by atoms with van der Waals surface area (Å²) in [5.41, 5.74) is 0.973. The lowest BCUT2D eigenvalue weighted by Gasteiger charge is -2.11. The second-order valence-electron chi connectivity index (χ2n) is 3.50. The van der Waals surface area contributed by atoms with Gasteiger partial charge in [0, 0.05) is 17.3 Å². The van der Waals surface area contributed by atoms with Crippen LogP contribution < -0.4 is 0 Å². The first-order valence-corrected chi connectivity index (χ1v) is 6.28. The van der Waals surface area contributed by atoms with Gasteiger partial charge in [0.1, 0.15) is 5.82 Å². The van der Waals surface area contributed by atoms with Gasteiger partial charge in [-0.15, -0.1) is 11.8 Å². The monoisotopic (exact) mass is 248 g/mol. The highest BCUT2D eigenvalue weighted by atomic mass is 32.2. The third kappa shape index (κ3) is 2.06. The summed E-state index contributed by atoms with van der Waals surface area (Å²) in [6, 6.07) is 5.45. The van der Waals surface area contributed by atoms with Crippen molar-refractivity contribution in [2.45, 2.75) is 11.8 Å². The fraction of sp³-hybridized carbons (Fsp3) is 0.167. The van der Waals surface area contributed by atoms with Crippen LogP contribution in [0.4, 0.5) is 0 Å². The van der Waals surface area contributed by atoms with Gasteiger partial charge in [-0.2, -0.15) is 0 Å². The molecule has 0 aliphatic heterocycles. The van der Waals surface area contributed by atoms with E-state index in [1.54, 1.807) is 23.0 Å². The van der Waals surface area contributed by atoms with Gasteiger partial charge in [0.05, 0.1) is 11.3 Å². The molecule has 1 aromatic heterocycles. The predicted octanol–water partition coefficient (Wildman–Crippen LogP) is 2.60. The number of carbonyl (C=O) groups is 1. The lowest BCUT2D eigenvalue weighted by molar-refractivity contribution is 0.0693. The molecular formula is C12H12N2O2S. The summed E-state index contributed by atoms with van der Waals surface area (Å²) >= 11 is 1.43. The quantitative estimate of drug-likeness (QED) is 0.848. The van der Waals surface area contributed by atoms with E-state index in [2.05, 4.69) is 4.98 Å². The smallest absolute Gasteiger partial charge is 0.338 e. The zero-order valence-electron chi connectivity index (χ0n) is 9.54. The number of rotatable bonds is 3. The molecule has 5 heteroatoms. The first kappa shape index (κ1) is 11.7. The van der Waals surface area contributed by atoms with E-state index < -0.39 is 5.97 Å². The standard InChI is InChI=1S/C12H12N2O2S/c1-8-13-6-7-14(8)9-4-3-5-10(17-2)11(9)12(15)16/h3-7H,1-2H3,(H,15,16). The molecule has 1 aromatic carbocycles. The summed E-state index contributed by atoms with van der Waals surface area (Å²) in [7, 11) is 0. The van der Waals surface area contributed by atoms with Crippen molar-refractivity contribution in [2.75, 3.05) is 6.26 Å². The van der Waals surface area contributed by atoms with Crippen molar-refractivity contribution >= 4 is 17.7 Å². The average Bonchev–Trinajstić information content (AvgIpc) is 2.74. The van der Waals surface area contributed by atoms with Crippen LogP contribution >= 0.6 is 11.8 Å². The second kappa shape index (κ2) is 4.63. The first-order valence-electron chi connectivity index (χ1n) is 5.05. The zero-order valence-corrected chi connectivity index (χ0v) is 10.4. The summed E-state index contributed by atoms with van der Waals surface area (Å²) in [6.45, 7) is 1.84. The van der Waals surface area contributed by atoms with Crippen molar-refractivity contribution in [3.8, 4) is 5.69 Å². The fourth-order valence-electron chi connectivity index (χ4n) is 1.74. The highest BCUT2D eigenvalue weighted by Crippen LogP contribution is 2.26. The molecule has 0 spiro atoms. The zero-order chi connectivity index (χ0) is 12.4. The van der Waals surface area contributed by atoms with Crippen LogP contribution in [0.3, 0.4) is 0 Å². The Morgan fingerprint density at radius 3 is 2.76 bits per heavy atom. The highest BCUT2D eigenvalue weighted by molar-refractivity contribution is 7.98. The lowest BCUT2D eigenvalue weighted by Crippen LogP contribution is -2.07. The molecule has 1 N–H and O–H groups in total. The van der Waals surface area contributed by atoms with Crippen molar-refractivity contribution < 1.29 is 9.90 Å². The normalized spacial score (nSPS) is 10.5. The SMILES string of the molecule is CSc1cccc(-n2ccnc2C)c1C(=O)O. The van der Waals surface area contributed by atoms with Gasteiger partial charge in [-0.25, -0.2) is 9.78 Å². The molecule has 0 saturated carbocycles. The maximum atomic E-state index is 11.4. The summed E-state index contributed by atoms with van der Waals surface area (Å²) in [4.78, 5) is 16.2. The molecule has 0 aliphatic carbocycles. The van der Waals surface area contributed by atoms with Crippen LogP contribution in [0, 0.1) is 6.92 Å². The number of hydrogen-bond acceptors (Lipinski definition) is 3. The Bertz CT molecular complexity index is 563. The van der Waals surface area contributed by atoms with Crippen LogP contribution in [0.5, 0.6) is 0 Å². The molecule has 4 nitrogen and oxygen atoms in total. The van der Waals surface area contributed by atoms with E-state index in [1.807, 2.05) is 25.3 Å². The maximum Gasteiger partial charge on any atom is 0.338 e. The van der Waals surface area contributed by atoms with Gasteiger partial charge in [0.15, 0.2) is 0 Å². The fourth-order valence-corrected chi connectivity index (χ4v) is 2.35. The van der Waals surface area contributed by atoms with Crippen molar-refractivity contribution in [3.05, 3.63) is 42.0 Å². The molecule has 0 unspecified atom stereocenters. The Balaban J connectivity index is 2.70. The number of imidazole rings is 1. The Morgan fingerprint density at radius 2 is 2.24 bits per heavy atom. The van der Waals surface area contributed by atoms with Crippen LogP contribution in [0.1, 0.15) is 16.2 Å². The number of hydrogen-bond donors (Lipinski definition) is 1. The van der Waals surface area contributed by atoms with E-state index >= 15 is 0 Å². The van der Waals surface area contributed by atoms with E-state index in [-0.39, 0.29) is 0 Å². The van der Waals surface area contributed by atoms with Crippen molar-refractivity contribution in [3.63, 3.8) is 0 Å². The molecule has 0 bridgehead atoms. The molecule has 0 fully saturated rings. The second-order valence-corrected chi connectivity index (χ2v) is 4.35. The molecule has 0 amide bonds. The van der Waals surface area contributed by atoms with E-state index in [0.29, 0.717) is 11.3 Å². The molecule has 2 rings (SSSR count). The molecule has 0 saturated heterocycles. The highest BCUT2D eigenvalue weighted by Gasteiger charge is 2.16. The number of aromatic carboxylic acids is 1. The van der Waals surface area contributed by atoms with Gasteiger partial charge in [-0.05, 0) is 25.3 Å². The Hall–Kier alpha value is -1.75. The molecule has 17 heavy (non-hydrogen) atoms. The van der Waals surface area contributed by atoms with Crippen molar-refractivity contribution in [1.82, 2.24) is 9.55 Å². The van der Waals surface area contributed by atoms with E-state index in [1.165, 1.54) is 11.8 Å². The van der Waals surface area contributed by atoms with Gasteiger partial charge >= 0.3 is 5.97 Å². The minimum Gasteiger partial charge on any atom is -0.478 e. The number of aryl methyl sites for hydroxylation is 1. The van der Waals surface area contributed by atoms with E-state index in [0.717, 1.165) is 10.7 Å². The lowest BCUT2D eigenvalue weighted by atomic mass is 10.1. The Kier molecular flexibility index (Phi) is 3.19. The number of nitrogens with zero attached hydrogens (tertiary/aromatic N) is 2. The van der Waals surface area contributed by atoms with Crippen LogP contribution in [-0.4, -0.2) is 26.9 Å². The number of carboxylic acids is 1. The topological polar surface area (TPSA) is 55.1 Å². The number of carboxylic acid groups (broad SMARTS) is 1. The van der Waals surface area contributed by atoms with Gasteiger partial charge in [-0.1, -0.05) is 6.07 Å². The van der Waals surface area contributed by atoms with Crippen LogP contribution in [0.25, 0.3) is 5.69 Å². The Morgan fingerprint density at radius 1 is 1.47 bits per heavy atom. The molecule has 1 heterocycles. The predicted molar refractivity (Wildman–Crippen MR) is 67.0 cm³/mol. The van der Waals surface area contributed by atoms with Crippen molar-refractivity contribution in [2.24, 2.45) is 0 Å². The summed E-state index contributed by atoms with van der Waals surface area (Å²) < 4.78 is 1.78. The van der Waals surface area contributed by atoms with Gasteiger partial charge in [0.25, 0.3) is 0 Å². The number of thioether (sulfide) groups is 1. The molecule has 0 radical (unpaired) electrons. The Labute approximate surface area is 103 Å². The summed E-state index contributed by atoms with van der Waals surface area (Å²) in [5, 5.41) is 9.32. The van der Waals surface area contributed by atoms with Gasteiger partial charge in [0.2, 0.25) is 0 Å². The van der Waals surface area contributed by atoms with Crippen LogP contribution in [0.15, 0.2) is 35.5 Å². The maximum absolute atomic E-state index is 11.4. The minimum absolute atomic E-state index is 0.320. The van der Waals surface area contributed by atoms with Gasteiger partial charge in [-0.3, -0.25) is 0 Å². The van der Waals surface area contributed by atoms with Crippen LogP contribution in [-0.2, 0) is 0 Å². The molecular weight excluding hydrogens is 236 g/mol. The molecule has 2 aromatic rings. The average molecular weight is 248 g/mol. The van der Waals surface area contributed by atoms with E-state index in [9.17, 15) is 9.90 Å². The number of aromatic nitrogens is 2. The van der Waals surface area contributed by atoms with E-state index in [4.69, 9.17) is 0 Å². The molecule has 88 valence electrons. The number of benzene rings is 1. The van der Waals surface area contributed by atoms with Crippen LogP contribution in [0.2, 0.25) is 0 Å². The first-order chi connectivity index (χ1) is 8.15.